The van der Waals surface area contributed by atoms with Gasteiger partial charge in [-0.15, -0.1) is 0 Å². The first-order chi connectivity index (χ1) is 17.5. The van der Waals surface area contributed by atoms with E-state index in [4.69, 9.17) is 47.6 Å². The van der Waals surface area contributed by atoms with Crippen molar-refractivity contribution in [3.8, 4) is 0 Å². The third-order valence-electron chi connectivity index (χ3n) is 7.06. The summed E-state index contributed by atoms with van der Waals surface area (Å²) in [5, 5.41) is 54.5. The van der Waals surface area contributed by atoms with E-state index in [1.165, 1.54) is 0 Å². The molecule has 1 aliphatic carbocycles. The van der Waals surface area contributed by atoms with E-state index in [1.807, 2.05) is 0 Å². The number of aliphatic hydroxyl groups is 5. The fourth-order valence-electron chi connectivity index (χ4n) is 4.86. The standard InChI is InChI=1S/C21H42N6O10/c22-2-1-10(28)19(33)27-9-3-7(25)17(36-20-8(26)4-11(29)12(5-23)34-20)18(14(9)30)37-21-16(32)15(31)13(6-24)35-21/h7-18,20-21,28-32H,1-6,22-26H2,(H,27,33). The van der Waals surface area contributed by atoms with Gasteiger partial charge in [-0.25, -0.2) is 0 Å². The fourth-order valence-corrected chi connectivity index (χ4v) is 4.86. The maximum atomic E-state index is 12.4. The Morgan fingerprint density at radius 1 is 0.865 bits per heavy atom. The maximum Gasteiger partial charge on any atom is 0.249 e. The van der Waals surface area contributed by atoms with Crippen LogP contribution in [0.15, 0.2) is 0 Å². The number of carbonyl (C=O) groups excluding carboxylic acids is 1. The van der Waals surface area contributed by atoms with Gasteiger partial charge in [0.25, 0.3) is 0 Å². The monoisotopic (exact) mass is 538 g/mol. The second kappa shape index (κ2) is 13.3. The topological polar surface area (TPSA) is 297 Å². The molecule has 2 heterocycles. The Balaban J connectivity index is 1.81. The summed E-state index contributed by atoms with van der Waals surface area (Å²) in [6, 6.07) is -2.60. The molecule has 14 atom stereocenters. The van der Waals surface area contributed by atoms with Crippen LogP contribution in [0.4, 0.5) is 0 Å². The third kappa shape index (κ3) is 6.92. The molecular weight excluding hydrogens is 496 g/mol. The Bertz CT molecular complexity index is 742. The summed E-state index contributed by atoms with van der Waals surface area (Å²) in [5.41, 5.74) is 29.2. The lowest BCUT2D eigenvalue weighted by Crippen LogP contribution is -2.67. The highest BCUT2D eigenvalue weighted by molar-refractivity contribution is 5.80. The molecule has 14 unspecified atom stereocenters. The second-order valence-corrected chi connectivity index (χ2v) is 9.81. The minimum absolute atomic E-state index is 0.00667. The minimum atomic E-state index is -1.50. The molecule has 16 heteroatoms. The van der Waals surface area contributed by atoms with Crippen LogP contribution in [-0.2, 0) is 23.7 Å². The van der Waals surface area contributed by atoms with Crippen molar-refractivity contribution in [1.82, 2.24) is 5.32 Å². The lowest BCUT2D eigenvalue weighted by atomic mass is 9.83. The number of amides is 1. The smallest absolute Gasteiger partial charge is 0.249 e. The van der Waals surface area contributed by atoms with Crippen molar-refractivity contribution in [2.45, 2.75) is 105 Å². The first-order valence-corrected chi connectivity index (χ1v) is 12.5. The quantitative estimate of drug-likeness (QED) is 0.123. The van der Waals surface area contributed by atoms with Crippen LogP contribution in [-0.4, -0.2) is 137 Å². The van der Waals surface area contributed by atoms with Gasteiger partial charge in [-0.1, -0.05) is 0 Å². The van der Waals surface area contributed by atoms with Gasteiger partial charge in [-0.3, -0.25) is 4.79 Å². The van der Waals surface area contributed by atoms with Crippen molar-refractivity contribution in [2.75, 3.05) is 19.6 Å². The maximum absolute atomic E-state index is 12.4. The Morgan fingerprint density at radius 2 is 1.49 bits per heavy atom. The zero-order chi connectivity index (χ0) is 27.4. The fraction of sp³-hybridized carbons (Fsp3) is 0.952. The normalized spacial score (nSPS) is 45.5. The molecule has 1 amide bonds. The van der Waals surface area contributed by atoms with E-state index in [2.05, 4.69) is 5.32 Å². The van der Waals surface area contributed by atoms with Gasteiger partial charge in [-0.05, 0) is 25.8 Å². The number of carbonyl (C=O) groups is 1. The van der Waals surface area contributed by atoms with Crippen molar-refractivity contribution in [3.63, 3.8) is 0 Å². The van der Waals surface area contributed by atoms with Crippen LogP contribution in [0.3, 0.4) is 0 Å². The molecule has 0 bridgehead atoms. The molecule has 0 radical (unpaired) electrons. The van der Waals surface area contributed by atoms with Gasteiger partial charge in [0.1, 0.15) is 42.7 Å². The number of rotatable bonds is 10. The first kappa shape index (κ1) is 30.5. The number of nitrogens with two attached hydrogens (primary N) is 5. The van der Waals surface area contributed by atoms with Crippen LogP contribution >= 0.6 is 0 Å². The Morgan fingerprint density at radius 3 is 2.08 bits per heavy atom. The molecular formula is C21H42N6O10. The molecule has 0 aromatic heterocycles. The van der Waals surface area contributed by atoms with Crippen LogP contribution in [0.5, 0.6) is 0 Å². The Hall–Kier alpha value is -1.09. The zero-order valence-corrected chi connectivity index (χ0v) is 20.5. The average Bonchev–Trinajstić information content (AvgIpc) is 3.13. The van der Waals surface area contributed by atoms with Gasteiger partial charge < -0.3 is 78.5 Å². The van der Waals surface area contributed by atoms with Crippen molar-refractivity contribution in [3.05, 3.63) is 0 Å². The van der Waals surface area contributed by atoms with Gasteiger partial charge in [0.2, 0.25) is 5.91 Å². The van der Waals surface area contributed by atoms with Crippen molar-refractivity contribution in [2.24, 2.45) is 28.7 Å². The summed E-state index contributed by atoms with van der Waals surface area (Å²) >= 11 is 0. The molecule has 0 aromatic carbocycles. The van der Waals surface area contributed by atoms with Gasteiger partial charge in [0.05, 0.1) is 24.3 Å². The van der Waals surface area contributed by atoms with E-state index in [0.717, 1.165) is 0 Å². The highest BCUT2D eigenvalue weighted by Crippen LogP contribution is 2.32. The van der Waals surface area contributed by atoms with E-state index >= 15 is 0 Å². The highest BCUT2D eigenvalue weighted by atomic mass is 16.7. The highest BCUT2D eigenvalue weighted by Gasteiger charge is 2.52. The van der Waals surface area contributed by atoms with Crippen LogP contribution in [0.2, 0.25) is 0 Å². The average molecular weight is 539 g/mol. The largest absolute Gasteiger partial charge is 0.390 e. The summed E-state index contributed by atoms with van der Waals surface area (Å²) in [6.07, 6.45) is -13.0. The molecule has 2 aliphatic heterocycles. The molecule has 0 spiro atoms. The van der Waals surface area contributed by atoms with Crippen LogP contribution in [0, 0.1) is 0 Å². The van der Waals surface area contributed by atoms with E-state index < -0.39 is 91.5 Å². The summed E-state index contributed by atoms with van der Waals surface area (Å²) in [4.78, 5) is 12.4. The Labute approximate surface area is 214 Å². The first-order valence-electron chi connectivity index (χ1n) is 12.5. The van der Waals surface area contributed by atoms with Crippen molar-refractivity contribution in [1.29, 1.82) is 0 Å². The van der Waals surface area contributed by atoms with Crippen molar-refractivity contribution < 1.29 is 49.3 Å². The molecule has 3 fully saturated rings. The molecule has 3 aliphatic rings. The van der Waals surface area contributed by atoms with Crippen LogP contribution in [0.25, 0.3) is 0 Å². The molecule has 216 valence electrons. The SMILES string of the molecule is NCCC(O)C(=O)NC1CC(N)C(OC2OC(CN)C(O)CC2N)C(OC2OC(CN)C(O)C2O)C1O. The predicted octanol–water partition coefficient (Wildman–Crippen LogP) is -6.79. The van der Waals surface area contributed by atoms with Gasteiger partial charge in [0, 0.05) is 19.1 Å². The predicted molar refractivity (Wildman–Crippen MR) is 126 cm³/mol. The van der Waals surface area contributed by atoms with Crippen LogP contribution in [0.1, 0.15) is 19.3 Å². The molecule has 37 heavy (non-hydrogen) atoms. The van der Waals surface area contributed by atoms with Gasteiger partial charge in [-0.2, -0.15) is 0 Å². The van der Waals surface area contributed by atoms with E-state index in [1.54, 1.807) is 0 Å². The number of nitrogens with one attached hydrogen (secondary N) is 1. The summed E-state index contributed by atoms with van der Waals surface area (Å²) in [7, 11) is 0. The third-order valence-corrected chi connectivity index (χ3v) is 7.06. The molecule has 16 N–H and O–H groups in total. The summed E-state index contributed by atoms with van der Waals surface area (Å²) in [6.45, 7) is -0.0204. The lowest BCUT2D eigenvalue weighted by Gasteiger charge is -2.47. The molecule has 2 saturated heterocycles. The van der Waals surface area contributed by atoms with Gasteiger partial charge in [0.15, 0.2) is 12.6 Å². The summed E-state index contributed by atoms with van der Waals surface area (Å²) in [5.74, 6) is -0.756. The molecule has 3 rings (SSSR count). The number of hydrogen-bond donors (Lipinski definition) is 11. The van der Waals surface area contributed by atoms with Crippen LogP contribution < -0.4 is 34.0 Å². The second-order valence-electron chi connectivity index (χ2n) is 9.81. The number of hydrogen-bond acceptors (Lipinski definition) is 15. The minimum Gasteiger partial charge on any atom is -0.390 e. The molecule has 1 saturated carbocycles. The summed E-state index contributed by atoms with van der Waals surface area (Å²) < 4.78 is 23.2. The van der Waals surface area contributed by atoms with E-state index in [9.17, 15) is 30.3 Å². The molecule has 0 aromatic rings. The van der Waals surface area contributed by atoms with E-state index in [0.29, 0.717) is 0 Å². The molecule has 16 nitrogen and oxygen atoms in total. The van der Waals surface area contributed by atoms with Gasteiger partial charge >= 0.3 is 0 Å². The number of aliphatic hydroxyl groups excluding tert-OH is 5. The lowest BCUT2D eigenvalue weighted by molar-refractivity contribution is -0.295. The zero-order valence-electron chi connectivity index (χ0n) is 20.5. The Kier molecular flexibility index (Phi) is 11.0. The van der Waals surface area contributed by atoms with E-state index in [-0.39, 0.29) is 38.9 Å². The van der Waals surface area contributed by atoms with Crippen molar-refractivity contribution >= 4 is 5.91 Å². The number of ether oxygens (including phenoxy) is 4.